The van der Waals surface area contributed by atoms with Gasteiger partial charge in [0.15, 0.2) is 0 Å². The number of alkyl halides is 1. The molecule has 1 amide bonds. The minimum atomic E-state index is -0.127. The molecule has 22 heavy (non-hydrogen) atoms. The topological polar surface area (TPSA) is 29.5 Å². The van der Waals surface area contributed by atoms with Gasteiger partial charge in [-0.1, -0.05) is 52.3 Å². The maximum atomic E-state index is 12.3. The Labute approximate surface area is 139 Å². The highest BCUT2D eigenvalue weighted by Gasteiger charge is 2.25. The van der Waals surface area contributed by atoms with Crippen molar-refractivity contribution in [3.8, 4) is 0 Å². The number of carbonyl (C=O) groups excluding carboxylic acids is 1. The van der Waals surface area contributed by atoms with E-state index in [1.165, 1.54) is 0 Å². The van der Waals surface area contributed by atoms with Crippen molar-refractivity contribution in [3.63, 3.8) is 0 Å². The number of anilines is 1. The largest absolute Gasteiger partial charge is 0.361 e. The summed E-state index contributed by atoms with van der Waals surface area (Å²) in [6.07, 6.45) is 2.06. The predicted molar refractivity (Wildman–Crippen MR) is 93.8 cm³/mol. The number of nitrogens with zero attached hydrogens (tertiary/aromatic N) is 1. The Hall–Kier alpha value is -1.06. The number of hydrogen-bond acceptors (Lipinski definition) is 2. The molecule has 0 radical (unpaired) electrons. The summed E-state index contributed by atoms with van der Waals surface area (Å²) in [6.45, 7) is 11.5. The summed E-state index contributed by atoms with van der Waals surface area (Å²) < 4.78 is 5.68. The first kappa shape index (κ1) is 19.0. The van der Waals surface area contributed by atoms with E-state index >= 15 is 0 Å². The van der Waals surface area contributed by atoms with Gasteiger partial charge in [0, 0.05) is 6.61 Å². The number of para-hydroxylation sites is 1. The van der Waals surface area contributed by atoms with E-state index in [1.807, 2.05) is 19.1 Å². The molecule has 1 aromatic carbocycles. The first-order valence-corrected chi connectivity index (χ1v) is 8.40. The van der Waals surface area contributed by atoms with Crippen molar-refractivity contribution in [1.29, 1.82) is 0 Å². The molecule has 1 rings (SSSR count). The van der Waals surface area contributed by atoms with Crippen LogP contribution >= 0.6 is 11.6 Å². The Morgan fingerprint density at radius 3 is 2.55 bits per heavy atom. The number of amides is 1. The van der Waals surface area contributed by atoms with Crippen LogP contribution in [0.1, 0.15) is 51.7 Å². The van der Waals surface area contributed by atoms with E-state index in [0.717, 1.165) is 29.7 Å². The third-order valence-electron chi connectivity index (χ3n) is 3.59. The molecule has 4 heteroatoms. The lowest BCUT2D eigenvalue weighted by atomic mass is 9.84. The summed E-state index contributed by atoms with van der Waals surface area (Å²) in [6, 6.07) is 6.12. The molecule has 0 aliphatic rings. The van der Waals surface area contributed by atoms with E-state index in [1.54, 1.807) is 4.90 Å². The lowest BCUT2D eigenvalue weighted by Crippen LogP contribution is -2.36. The van der Waals surface area contributed by atoms with Crippen LogP contribution < -0.4 is 4.90 Å². The zero-order chi connectivity index (χ0) is 16.8. The van der Waals surface area contributed by atoms with Gasteiger partial charge in [-0.05, 0) is 29.9 Å². The van der Waals surface area contributed by atoms with Crippen LogP contribution in [0.25, 0.3) is 0 Å². The third kappa shape index (κ3) is 4.99. The van der Waals surface area contributed by atoms with Crippen LogP contribution in [0, 0.1) is 6.92 Å². The van der Waals surface area contributed by atoms with Crippen molar-refractivity contribution < 1.29 is 9.53 Å². The molecule has 0 fully saturated rings. The monoisotopic (exact) mass is 325 g/mol. The molecular formula is C18H28ClNO2. The molecule has 0 N–H and O–H groups in total. The molecule has 0 spiro atoms. The number of carbonyl (C=O) groups is 1. The van der Waals surface area contributed by atoms with Crippen molar-refractivity contribution >= 4 is 23.2 Å². The van der Waals surface area contributed by atoms with Gasteiger partial charge < -0.3 is 4.74 Å². The normalized spacial score (nSPS) is 11.5. The molecule has 124 valence electrons. The van der Waals surface area contributed by atoms with E-state index in [0.29, 0.717) is 6.61 Å². The SMILES string of the molecule is CCCCOCN(C(=O)CCl)c1c(C)cccc1C(C)(C)C. The fourth-order valence-corrected chi connectivity index (χ4v) is 2.50. The standard InChI is InChI=1S/C18H28ClNO2/c1-6-7-11-22-13-20(16(21)12-19)17-14(2)9-8-10-15(17)18(3,4)5/h8-10H,6-7,11-13H2,1-5H3. The first-order valence-electron chi connectivity index (χ1n) is 7.87. The van der Waals surface area contributed by atoms with Gasteiger partial charge in [-0.15, -0.1) is 11.6 Å². The smallest absolute Gasteiger partial charge is 0.243 e. The second-order valence-electron chi connectivity index (χ2n) is 6.57. The van der Waals surface area contributed by atoms with Gasteiger partial charge in [0.2, 0.25) is 5.91 Å². The van der Waals surface area contributed by atoms with Gasteiger partial charge in [-0.25, -0.2) is 0 Å². The number of rotatable bonds is 7. The summed E-state index contributed by atoms with van der Waals surface area (Å²) in [5, 5.41) is 0. The quantitative estimate of drug-likeness (QED) is 0.415. The Kier molecular flexibility index (Phi) is 7.37. The van der Waals surface area contributed by atoms with Gasteiger partial charge in [-0.3, -0.25) is 9.69 Å². The summed E-state index contributed by atoms with van der Waals surface area (Å²) >= 11 is 5.81. The lowest BCUT2D eigenvalue weighted by Gasteiger charge is -2.31. The summed E-state index contributed by atoms with van der Waals surface area (Å²) in [4.78, 5) is 14.0. The highest BCUT2D eigenvalue weighted by Crippen LogP contribution is 2.34. The predicted octanol–water partition coefficient (Wildman–Crippen LogP) is 4.64. The maximum absolute atomic E-state index is 12.3. The number of hydrogen-bond donors (Lipinski definition) is 0. The average molecular weight is 326 g/mol. The number of unbranched alkanes of at least 4 members (excludes halogenated alkanes) is 1. The average Bonchev–Trinajstić information content (AvgIpc) is 2.46. The van der Waals surface area contributed by atoms with Crippen molar-refractivity contribution in [2.24, 2.45) is 0 Å². The van der Waals surface area contributed by atoms with Crippen LogP contribution in [0.5, 0.6) is 0 Å². The van der Waals surface area contributed by atoms with E-state index in [-0.39, 0.29) is 23.9 Å². The summed E-state index contributed by atoms with van der Waals surface area (Å²) in [5.74, 6) is -0.173. The molecule has 0 unspecified atom stereocenters. The van der Waals surface area contributed by atoms with Crippen LogP contribution in [-0.2, 0) is 14.9 Å². The van der Waals surface area contributed by atoms with E-state index in [2.05, 4.69) is 33.8 Å². The highest BCUT2D eigenvalue weighted by molar-refractivity contribution is 6.29. The maximum Gasteiger partial charge on any atom is 0.243 e. The second-order valence-corrected chi connectivity index (χ2v) is 6.83. The number of benzene rings is 1. The Morgan fingerprint density at radius 1 is 1.32 bits per heavy atom. The molecule has 0 bridgehead atoms. The van der Waals surface area contributed by atoms with Crippen molar-refractivity contribution in [1.82, 2.24) is 0 Å². The Morgan fingerprint density at radius 2 is 2.00 bits per heavy atom. The van der Waals surface area contributed by atoms with Crippen LogP contribution in [0.4, 0.5) is 5.69 Å². The fraction of sp³-hybridized carbons (Fsp3) is 0.611. The Bertz CT molecular complexity index is 494. The molecule has 0 saturated heterocycles. The molecule has 0 aliphatic heterocycles. The molecule has 0 atom stereocenters. The number of ether oxygens (including phenoxy) is 1. The minimum Gasteiger partial charge on any atom is -0.361 e. The van der Waals surface area contributed by atoms with Crippen LogP contribution in [0.3, 0.4) is 0 Å². The molecule has 3 nitrogen and oxygen atoms in total. The number of aryl methyl sites for hydroxylation is 1. The van der Waals surface area contributed by atoms with Gasteiger partial charge in [-0.2, -0.15) is 0 Å². The molecule has 0 aromatic heterocycles. The van der Waals surface area contributed by atoms with Gasteiger partial charge in [0.1, 0.15) is 12.6 Å². The van der Waals surface area contributed by atoms with Crippen molar-refractivity contribution in [2.45, 2.75) is 52.9 Å². The fourth-order valence-electron chi connectivity index (χ4n) is 2.36. The molecule has 0 aliphatic carbocycles. The zero-order valence-electron chi connectivity index (χ0n) is 14.4. The number of halogens is 1. The minimum absolute atomic E-state index is 0.0466. The van der Waals surface area contributed by atoms with Crippen LogP contribution in [-0.4, -0.2) is 25.1 Å². The second kappa shape index (κ2) is 8.54. The van der Waals surface area contributed by atoms with E-state index < -0.39 is 0 Å². The first-order chi connectivity index (χ1) is 10.3. The third-order valence-corrected chi connectivity index (χ3v) is 3.82. The molecule has 0 heterocycles. The van der Waals surface area contributed by atoms with Crippen molar-refractivity contribution in [3.05, 3.63) is 29.3 Å². The van der Waals surface area contributed by atoms with Gasteiger partial charge in [0.25, 0.3) is 0 Å². The highest BCUT2D eigenvalue weighted by atomic mass is 35.5. The van der Waals surface area contributed by atoms with E-state index in [9.17, 15) is 4.79 Å². The summed E-state index contributed by atoms with van der Waals surface area (Å²) in [7, 11) is 0. The van der Waals surface area contributed by atoms with E-state index in [4.69, 9.17) is 16.3 Å². The van der Waals surface area contributed by atoms with Gasteiger partial charge >= 0.3 is 0 Å². The van der Waals surface area contributed by atoms with Crippen LogP contribution in [0.2, 0.25) is 0 Å². The van der Waals surface area contributed by atoms with Gasteiger partial charge in [0.05, 0.1) is 5.69 Å². The van der Waals surface area contributed by atoms with Crippen LogP contribution in [0.15, 0.2) is 18.2 Å². The molecule has 0 saturated carbocycles. The van der Waals surface area contributed by atoms with Crippen molar-refractivity contribution in [2.75, 3.05) is 24.1 Å². The molecule has 1 aromatic rings. The Balaban J connectivity index is 3.16. The lowest BCUT2D eigenvalue weighted by molar-refractivity contribution is -0.117. The zero-order valence-corrected chi connectivity index (χ0v) is 15.2. The molecular weight excluding hydrogens is 298 g/mol. The summed E-state index contributed by atoms with van der Waals surface area (Å²) in [5.41, 5.74) is 3.06.